The first-order chi connectivity index (χ1) is 14.9. The van der Waals surface area contributed by atoms with Gasteiger partial charge in [0, 0.05) is 11.8 Å². The number of aliphatic hydroxyl groups is 1. The summed E-state index contributed by atoms with van der Waals surface area (Å²) in [4.78, 5) is 28.0. The van der Waals surface area contributed by atoms with E-state index in [4.69, 9.17) is 0 Å². The minimum Gasteiger partial charge on any atom is -0.548 e. The first-order valence-electron chi connectivity index (χ1n) is 9.58. The van der Waals surface area contributed by atoms with Crippen molar-refractivity contribution >= 4 is 23.8 Å². The van der Waals surface area contributed by atoms with Crippen molar-refractivity contribution in [1.82, 2.24) is 5.32 Å². The number of carboxylic acids is 1. The van der Waals surface area contributed by atoms with Crippen LogP contribution in [0.15, 0.2) is 83.9 Å². The third kappa shape index (κ3) is 7.03. The third-order valence-corrected chi connectivity index (χ3v) is 4.62. The molecule has 0 heterocycles. The number of carboxylic acid groups (broad SMARTS) is 1. The molecule has 2 unspecified atom stereocenters. The Morgan fingerprint density at radius 2 is 1.59 bits per heavy atom. The van der Waals surface area contributed by atoms with E-state index in [2.05, 4.69) is 10.3 Å². The summed E-state index contributed by atoms with van der Waals surface area (Å²) in [5, 5.41) is 33.8. The number of para-hydroxylation sites is 1. The normalized spacial score (nSPS) is 12.5. The van der Waals surface area contributed by atoms with E-state index in [9.17, 15) is 24.9 Å². The molecule has 0 aliphatic rings. The maximum absolute atomic E-state index is 12.3. The van der Waals surface area contributed by atoms with Gasteiger partial charge in [0.05, 0.1) is 24.1 Å². The third-order valence-electron chi connectivity index (χ3n) is 4.62. The molecule has 0 saturated carbocycles. The number of phenolic OH excluding ortho intramolecular Hbond substituents is 1. The van der Waals surface area contributed by atoms with Crippen LogP contribution in [0.5, 0.6) is 5.75 Å². The van der Waals surface area contributed by atoms with E-state index < -0.39 is 24.0 Å². The van der Waals surface area contributed by atoms with Gasteiger partial charge in [-0.2, -0.15) is 0 Å². The number of amides is 1. The van der Waals surface area contributed by atoms with Gasteiger partial charge in [-0.05, 0) is 35.4 Å². The number of benzene rings is 3. The fraction of sp³-hybridized carbons (Fsp3) is 0.125. The molecule has 3 aromatic carbocycles. The molecule has 0 aromatic heterocycles. The SMILES string of the molecule is O=C(Cc1ccc(N=Cc2ccccc2O)cc1)NC(C(=O)[O-])C(O)c1ccccc1.[Na+]. The first-order valence-corrected chi connectivity index (χ1v) is 9.58. The number of carbonyl (C=O) groups excluding carboxylic acids is 2. The molecule has 0 aliphatic carbocycles. The van der Waals surface area contributed by atoms with Gasteiger partial charge in [-0.1, -0.05) is 54.6 Å². The number of rotatable bonds is 8. The number of aliphatic hydroxyl groups excluding tert-OH is 1. The van der Waals surface area contributed by atoms with Crippen LogP contribution in [-0.4, -0.2) is 34.3 Å². The molecule has 3 aromatic rings. The van der Waals surface area contributed by atoms with Crippen molar-refractivity contribution in [2.24, 2.45) is 4.99 Å². The Morgan fingerprint density at radius 1 is 0.969 bits per heavy atom. The largest absolute Gasteiger partial charge is 1.00 e. The molecular formula is C24H21N2NaO5. The number of phenols is 1. The molecule has 0 fully saturated rings. The van der Waals surface area contributed by atoms with E-state index in [-0.39, 0.29) is 41.7 Å². The Morgan fingerprint density at radius 3 is 2.22 bits per heavy atom. The molecular weight excluding hydrogens is 419 g/mol. The molecule has 32 heavy (non-hydrogen) atoms. The number of nitrogens with zero attached hydrogens (tertiary/aromatic N) is 1. The van der Waals surface area contributed by atoms with Crippen molar-refractivity contribution in [1.29, 1.82) is 0 Å². The minimum atomic E-state index is -1.57. The number of aromatic hydroxyl groups is 1. The van der Waals surface area contributed by atoms with E-state index in [0.29, 0.717) is 22.4 Å². The molecule has 3 rings (SSSR count). The Labute approximate surface area is 207 Å². The number of hydrogen-bond acceptors (Lipinski definition) is 6. The number of hydrogen-bond donors (Lipinski definition) is 3. The van der Waals surface area contributed by atoms with Crippen LogP contribution in [-0.2, 0) is 16.0 Å². The average molecular weight is 440 g/mol. The molecule has 8 heteroatoms. The Balaban J connectivity index is 0.00000363. The van der Waals surface area contributed by atoms with Crippen LogP contribution in [0.3, 0.4) is 0 Å². The Hall–Kier alpha value is -2.97. The van der Waals surface area contributed by atoms with E-state index in [1.165, 1.54) is 6.21 Å². The summed E-state index contributed by atoms with van der Waals surface area (Å²) in [6.07, 6.45) is 0.0302. The monoisotopic (exact) mass is 440 g/mol. The van der Waals surface area contributed by atoms with Gasteiger partial charge in [0.2, 0.25) is 5.91 Å². The van der Waals surface area contributed by atoms with Gasteiger partial charge < -0.3 is 25.4 Å². The second kappa shape index (κ2) is 12.2. The van der Waals surface area contributed by atoms with Gasteiger partial charge in [-0.25, -0.2) is 0 Å². The zero-order valence-electron chi connectivity index (χ0n) is 17.5. The van der Waals surface area contributed by atoms with Crippen molar-refractivity contribution in [2.75, 3.05) is 0 Å². The molecule has 0 bridgehead atoms. The summed E-state index contributed by atoms with van der Waals surface area (Å²) in [5.74, 6) is -2.01. The molecule has 1 amide bonds. The molecule has 158 valence electrons. The molecule has 3 N–H and O–H groups in total. The van der Waals surface area contributed by atoms with Gasteiger partial charge in [-0.15, -0.1) is 0 Å². The van der Waals surface area contributed by atoms with Crippen LogP contribution >= 0.6 is 0 Å². The predicted molar refractivity (Wildman–Crippen MR) is 114 cm³/mol. The van der Waals surface area contributed by atoms with E-state index in [1.54, 1.807) is 78.9 Å². The molecule has 0 aliphatic heterocycles. The van der Waals surface area contributed by atoms with Crippen molar-refractivity contribution in [2.45, 2.75) is 18.6 Å². The summed E-state index contributed by atoms with van der Waals surface area (Å²) in [7, 11) is 0. The number of carbonyl (C=O) groups is 2. The van der Waals surface area contributed by atoms with Crippen LogP contribution in [0.1, 0.15) is 22.8 Å². The number of nitrogens with one attached hydrogen (secondary N) is 1. The second-order valence-electron chi connectivity index (χ2n) is 6.88. The van der Waals surface area contributed by atoms with Crippen LogP contribution in [0, 0.1) is 0 Å². The standard InChI is InChI=1S/C24H22N2O5.Na/c27-20-9-5-4-8-18(20)15-25-19-12-10-16(11-13-19)14-21(28)26-22(24(30)31)23(29)17-6-2-1-3-7-17;/h1-13,15,22-23,27,29H,14H2,(H,26,28)(H,30,31);/q;+1/p-1. The van der Waals surface area contributed by atoms with Gasteiger partial charge >= 0.3 is 29.6 Å². The Kier molecular flexibility index (Phi) is 9.61. The van der Waals surface area contributed by atoms with Crippen LogP contribution < -0.4 is 40.0 Å². The molecule has 2 atom stereocenters. The Bertz CT molecular complexity index is 1070. The van der Waals surface area contributed by atoms with Gasteiger partial charge in [0.25, 0.3) is 0 Å². The summed E-state index contributed by atoms with van der Waals surface area (Å²) in [6, 6.07) is 20.2. The summed E-state index contributed by atoms with van der Waals surface area (Å²) in [6.45, 7) is 0. The second-order valence-corrected chi connectivity index (χ2v) is 6.88. The predicted octanol–water partition coefficient (Wildman–Crippen LogP) is -1.34. The van der Waals surface area contributed by atoms with E-state index in [1.807, 2.05) is 0 Å². The van der Waals surface area contributed by atoms with Crippen LogP contribution in [0.25, 0.3) is 0 Å². The van der Waals surface area contributed by atoms with Crippen LogP contribution in [0.4, 0.5) is 5.69 Å². The zero-order chi connectivity index (χ0) is 22.2. The number of aliphatic imine (C=N–C) groups is 1. The van der Waals surface area contributed by atoms with Crippen molar-refractivity contribution < 1.29 is 54.5 Å². The zero-order valence-corrected chi connectivity index (χ0v) is 19.5. The molecule has 0 spiro atoms. The summed E-state index contributed by atoms with van der Waals surface area (Å²) < 4.78 is 0. The maximum Gasteiger partial charge on any atom is 1.00 e. The quantitative estimate of drug-likeness (QED) is 0.296. The minimum absolute atomic E-state index is 0. The van der Waals surface area contributed by atoms with Gasteiger partial charge in [0.15, 0.2) is 0 Å². The topological polar surface area (TPSA) is 122 Å². The summed E-state index contributed by atoms with van der Waals surface area (Å²) in [5.41, 5.74) is 2.21. The smallest absolute Gasteiger partial charge is 0.548 e. The van der Waals surface area contributed by atoms with Crippen LogP contribution in [0.2, 0.25) is 0 Å². The summed E-state index contributed by atoms with van der Waals surface area (Å²) >= 11 is 0. The van der Waals surface area contributed by atoms with Gasteiger partial charge in [-0.3, -0.25) is 9.79 Å². The van der Waals surface area contributed by atoms with Gasteiger partial charge in [0.1, 0.15) is 11.9 Å². The van der Waals surface area contributed by atoms with Crippen molar-refractivity contribution in [3.8, 4) is 5.75 Å². The van der Waals surface area contributed by atoms with Crippen molar-refractivity contribution in [3.05, 3.63) is 95.6 Å². The number of aliphatic carboxylic acids is 1. The molecule has 0 saturated heterocycles. The van der Waals surface area contributed by atoms with Crippen molar-refractivity contribution in [3.63, 3.8) is 0 Å². The average Bonchev–Trinajstić information content (AvgIpc) is 2.78. The molecule has 7 nitrogen and oxygen atoms in total. The molecule has 0 radical (unpaired) electrons. The first kappa shape index (κ1) is 25.3. The maximum atomic E-state index is 12.3. The van der Waals surface area contributed by atoms with E-state index >= 15 is 0 Å². The fourth-order valence-electron chi connectivity index (χ4n) is 2.96. The fourth-order valence-corrected chi connectivity index (χ4v) is 2.96. The van der Waals surface area contributed by atoms with E-state index in [0.717, 1.165) is 0 Å².